The molecule has 1 unspecified atom stereocenters. The van der Waals surface area contributed by atoms with Crippen molar-refractivity contribution in [2.75, 3.05) is 18.5 Å². The van der Waals surface area contributed by atoms with Crippen LogP contribution in [0.5, 0.6) is 0 Å². The number of hydrogen-bond acceptors (Lipinski definition) is 4. The SMILES string of the molecule is CCCC(CC(=O)OCC)n1c(=O)n(Cc2cc(Br)cc3c2CCN3)c2ccccc21. The van der Waals surface area contributed by atoms with Gasteiger partial charge in [-0.05, 0) is 55.2 Å². The molecule has 0 saturated carbocycles. The van der Waals surface area contributed by atoms with Crippen LogP contribution in [0.25, 0.3) is 11.0 Å². The average Bonchev–Trinajstić information content (AvgIpc) is 3.31. The van der Waals surface area contributed by atoms with Crippen molar-refractivity contribution in [3.05, 3.63) is 62.5 Å². The Morgan fingerprint density at radius 3 is 2.74 bits per heavy atom. The Balaban J connectivity index is 1.81. The van der Waals surface area contributed by atoms with E-state index < -0.39 is 0 Å². The lowest BCUT2D eigenvalue weighted by Crippen LogP contribution is -2.29. The summed E-state index contributed by atoms with van der Waals surface area (Å²) in [5, 5.41) is 3.42. The molecule has 1 atom stereocenters. The second-order valence-electron chi connectivity index (χ2n) is 7.95. The zero-order valence-electron chi connectivity index (χ0n) is 18.0. The summed E-state index contributed by atoms with van der Waals surface area (Å²) in [6.07, 6.45) is 2.77. The van der Waals surface area contributed by atoms with Crippen LogP contribution in [0.2, 0.25) is 0 Å². The standard InChI is InChI=1S/C24H28BrN3O3/c1-3-7-18(14-23(29)31-4-2)28-22-9-6-5-8-21(22)27(24(28)30)15-16-12-17(25)13-20-19(16)10-11-26-20/h5-6,8-9,12-13,18,26H,3-4,7,10-11,14-15H2,1-2H3. The number of aromatic nitrogens is 2. The fourth-order valence-corrected chi connectivity index (χ4v) is 5.09. The zero-order chi connectivity index (χ0) is 22.0. The van der Waals surface area contributed by atoms with Crippen LogP contribution < -0.4 is 11.0 Å². The van der Waals surface area contributed by atoms with Gasteiger partial charge in [0.1, 0.15) is 0 Å². The van der Waals surface area contributed by atoms with Crippen LogP contribution in [0, 0.1) is 0 Å². The molecule has 0 fully saturated rings. The lowest BCUT2D eigenvalue weighted by Gasteiger charge is -2.17. The molecule has 6 nitrogen and oxygen atoms in total. The molecule has 164 valence electrons. The first-order chi connectivity index (χ1) is 15.0. The van der Waals surface area contributed by atoms with Crippen molar-refractivity contribution in [3.8, 4) is 0 Å². The minimum absolute atomic E-state index is 0.0800. The Hall–Kier alpha value is -2.54. The van der Waals surface area contributed by atoms with Gasteiger partial charge in [0.05, 0.1) is 30.6 Å². The summed E-state index contributed by atoms with van der Waals surface area (Å²) in [4.78, 5) is 25.9. The van der Waals surface area contributed by atoms with Gasteiger partial charge in [-0.1, -0.05) is 41.4 Å². The highest BCUT2D eigenvalue weighted by Gasteiger charge is 2.24. The Morgan fingerprint density at radius 1 is 1.23 bits per heavy atom. The van der Waals surface area contributed by atoms with Crippen LogP contribution in [0.4, 0.5) is 5.69 Å². The van der Waals surface area contributed by atoms with Gasteiger partial charge in [0, 0.05) is 22.7 Å². The quantitative estimate of drug-likeness (QED) is 0.462. The number of nitrogens with zero attached hydrogens (tertiary/aromatic N) is 2. The van der Waals surface area contributed by atoms with Crippen molar-refractivity contribution >= 4 is 38.6 Å². The predicted molar refractivity (Wildman–Crippen MR) is 127 cm³/mol. The highest BCUT2D eigenvalue weighted by atomic mass is 79.9. The van der Waals surface area contributed by atoms with Crippen LogP contribution >= 0.6 is 15.9 Å². The number of imidazole rings is 1. The van der Waals surface area contributed by atoms with Crippen molar-refractivity contribution < 1.29 is 9.53 Å². The summed E-state index contributed by atoms with van der Waals surface area (Å²) >= 11 is 3.60. The fraction of sp³-hybridized carbons (Fsp3) is 0.417. The van der Waals surface area contributed by atoms with Crippen molar-refractivity contribution in [1.82, 2.24) is 9.13 Å². The molecule has 4 rings (SSSR count). The van der Waals surface area contributed by atoms with E-state index >= 15 is 0 Å². The second-order valence-corrected chi connectivity index (χ2v) is 8.86. The predicted octanol–water partition coefficient (Wildman–Crippen LogP) is 4.88. The van der Waals surface area contributed by atoms with E-state index in [1.807, 2.05) is 28.8 Å². The van der Waals surface area contributed by atoms with E-state index in [1.54, 1.807) is 11.5 Å². The summed E-state index contributed by atoms with van der Waals surface area (Å²) in [6.45, 7) is 5.62. The highest BCUT2D eigenvalue weighted by molar-refractivity contribution is 9.10. The molecule has 1 aliphatic rings. The monoisotopic (exact) mass is 485 g/mol. The average molecular weight is 486 g/mol. The van der Waals surface area contributed by atoms with E-state index in [1.165, 1.54) is 5.56 Å². The number of hydrogen-bond donors (Lipinski definition) is 1. The van der Waals surface area contributed by atoms with Gasteiger partial charge in [0.2, 0.25) is 0 Å². The number of carbonyl (C=O) groups excluding carboxylic acids is 1. The molecule has 2 heterocycles. The number of halogens is 1. The molecule has 2 aromatic carbocycles. The van der Waals surface area contributed by atoms with Crippen LogP contribution in [0.3, 0.4) is 0 Å². The maximum absolute atomic E-state index is 13.7. The van der Waals surface area contributed by atoms with Crippen LogP contribution in [0.1, 0.15) is 50.3 Å². The maximum atomic E-state index is 13.7. The Kier molecular flexibility index (Phi) is 6.51. The van der Waals surface area contributed by atoms with Crippen molar-refractivity contribution in [3.63, 3.8) is 0 Å². The number of para-hydroxylation sites is 2. The molecule has 1 aromatic heterocycles. The van der Waals surface area contributed by atoms with E-state index in [2.05, 4.69) is 40.3 Å². The molecule has 0 radical (unpaired) electrons. The highest BCUT2D eigenvalue weighted by Crippen LogP contribution is 2.31. The summed E-state index contributed by atoms with van der Waals surface area (Å²) in [7, 11) is 0. The Labute approximate surface area is 190 Å². The van der Waals surface area contributed by atoms with Crippen molar-refractivity contribution in [2.45, 2.75) is 52.1 Å². The maximum Gasteiger partial charge on any atom is 0.329 e. The summed E-state index contributed by atoms with van der Waals surface area (Å²) in [6, 6.07) is 11.8. The zero-order valence-corrected chi connectivity index (χ0v) is 19.6. The Bertz CT molecular complexity index is 1160. The molecular formula is C24H28BrN3O3. The molecule has 7 heteroatoms. The van der Waals surface area contributed by atoms with E-state index in [4.69, 9.17) is 4.74 Å². The third-order valence-corrected chi connectivity index (χ3v) is 6.35. The first-order valence-electron chi connectivity index (χ1n) is 10.9. The normalized spacial score (nSPS) is 13.8. The van der Waals surface area contributed by atoms with Crippen molar-refractivity contribution in [1.29, 1.82) is 0 Å². The number of rotatable bonds is 8. The first kappa shape index (κ1) is 21.7. The minimum atomic E-state index is -0.263. The third kappa shape index (κ3) is 4.28. The van der Waals surface area contributed by atoms with E-state index in [0.717, 1.165) is 52.6 Å². The topological polar surface area (TPSA) is 65.3 Å². The molecule has 31 heavy (non-hydrogen) atoms. The second kappa shape index (κ2) is 9.30. The van der Waals surface area contributed by atoms with Crippen molar-refractivity contribution in [2.24, 2.45) is 0 Å². The van der Waals surface area contributed by atoms with Gasteiger partial charge in [-0.25, -0.2) is 4.79 Å². The summed E-state index contributed by atoms with van der Waals surface area (Å²) < 4.78 is 9.82. The smallest absolute Gasteiger partial charge is 0.329 e. The molecule has 0 saturated heterocycles. The molecule has 3 aromatic rings. The van der Waals surface area contributed by atoms with Gasteiger partial charge in [-0.2, -0.15) is 0 Å². The molecule has 0 bridgehead atoms. The number of carbonyl (C=O) groups is 1. The number of nitrogens with one attached hydrogen (secondary N) is 1. The third-order valence-electron chi connectivity index (χ3n) is 5.89. The van der Waals surface area contributed by atoms with Gasteiger partial charge >= 0.3 is 11.7 Å². The Morgan fingerprint density at radius 2 is 2.00 bits per heavy atom. The van der Waals surface area contributed by atoms with Crippen LogP contribution in [0.15, 0.2) is 45.7 Å². The lowest BCUT2D eigenvalue weighted by atomic mass is 10.0. The number of esters is 1. The molecule has 1 N–H and O–H groups in total. The minimum Gasteiger partial charge on any atom is -0.466 e. The van der Waals surface area contributed by atoms with Gasteiger partial charge in [0.25, 0.3) is 0 Å². The van der Waals surface area contributed by atoms with E-state index in [-0.39, 0.29) is 24.1 Å². The molecule has 0 aliphatic carbocycles. The number of ether oxygens (including phenoxy) is 1. The van der Waals surface area contributed by atoms with Crippen LogP contribution in [-0.2, 0) is 22.5 Å². The molecule has 1 aliphatic heterocycles. The number of fused-ring (bicyclic) bond motifs is 2. The van der Waals surface area contributed by atoms with Crippen LogP contribution in [-0.4, -0.2) is 28.3 Å². The van der Waals surface area contributed by atoms with E-state index in [9.17, 15) is 9.59 Å². The van der Waals surface area contributed by atoms with Gasteiger partial charge in [-0.3, -0.25) is 13.9 Å². The largest absolute Gasteiger partial charge is 0.466 e. The molecule has 0 spiro atoms. The van der Waals surface area contributed by atoms with E-state index in [0.29, 0.717) is 13.2 Å². The first-order valence-corrected chi connectivity index (χ1v) is 11.7. The fourth-order valence-electron chi connectivity index (χ4n) is 4.59. The number of anilines is 1. The van der Waals surface area contributed by atoms with Gasteiger partial charge in [0.15, 0.2) is 0 Å². The lowest BCUT2D eigenvalue weighted by molar-refractivity contribution is -0.144. The van der Waals surface area contributed by atoms with Gasteiger partial charge < -0.3 is 10.1 Å². The molecular weight excluding hydrogens is 458 g/mol. The number of benzene rings is 2. The summed E-state index contributed by atoms with van der Waals surface area (Å²) in [5.41, 5.74) is 5.20. The summed E-state index contributed by atoms with van der Waals surface area (Å²) in [5.74, 6) is -0.263. The molecule has 0 amide bonds. The van der Waals surface area contributed by atoms with Gasteiger partial charge in [-0.15, -0.1) is 0 Å².